The first-order valence-corrected chi connectivity index (χ1v) is 9.80. The first-order chi connectivity index (χ1) is 13.6. The van der Waals surface area contributed by atoms with E-state index in [4.69, 9.17) is 9.47 Å². The van der Waals surface area contributed by atoms with Gasteiger partial charge in [0.15, 0.2) is 11.4 Å². The number of rotatable bonds is 4. The Morgan fingerprint density at radius 1 is 1.39 bits per heavy atom. The Hall–Kier alpha value is -2.52. The van der Waals surface area contributed by atoms with E-state index in [9.17, 15) is 9.59 Å². The van der Waals surface area contributed by atoms with Crippen molar-refractivity contribution in [2.75, 3.05) is 26.3 Å². The van der Waals surface area contributed by atoms with E-state index < -0.39 is 11.7 Å². The standard InChI is InChI=1S/C19H23N5O4/c1-2-27-18(26)14-10-21-24-12-13(9-20-17(14)24)11-22-6-4-19-15(22)8-16(25)23(19)5-3-7-28-19/h9-10,12,15H,2-8,11H2,1H3/t15-,19+/m1/s1. The summed E-state index contributed by atoms with van der Waals surface area (Å²) in [6.45, 7) is 5.12. The second kappa shape index (κ2) is 6.52. The van der Waals surface area contributed by atoms with Gasteiger partial charge in [-0.05, 0) is 13.3 Å². The number of esters is 1. The van der Waals surface area contributed by atoms with Crippen molar-refractivity contribution in [2.45, 2.75) is 44.5 Å². The molecule has 28 heavy (non-hydrogen) atoms. The molecular formula is C19H23N5O4. The van der Waals surface area contributed by atoms with Gasteiger partial charge in [-0.3, -0.25) is 9.69 Å². The Bertz CT molecular complexity index is 944. The number of hydrogen-bond acceptors (Lipinski definition) is 7. The lowest BCUT2D eigenvalue weighted by molar-refractivity contribution is -0.180. The topological polar surface area (TPSA) is 89.3 Å². The van der Waals surface area contributed by atoms with Gasteiger partial charge in [-0.25, -0.2) is 14.3 Å². The molecule has 0 unspecified atom stereocenters. The number of fused-ring (bicyclic) bond motifs is 1. The molecule has 0 aliphatic carbocycles. The molecule has 1 amide bonds. The van der Waals surface area contributed by atoms with E-state index in [-0.39, 0.29) is 11.9 Å². The van der Waals surface area contributed by atoms with Gasteiger partial charge in [0.25, 0.3) is 0 Å². The zero-order valence-electron chi connectivity index (χ0n) is 15.8. The molecule has 0 radical (unpaired) electrons. The monoisotopic (exact) mass is 385 g/mol. The predicted molar refractivity (Wildman–Crippen MR) is 97.4 cm³/mol. The fourth-order valence-corrected chi connectivity index (χ4v) is 4.81. The molecule has 9 heteroatoms. The molecule has 5 rings (SSSR count). The van der Waals surface area contributed by atoms with Crippen molar-refractivity contribution in [3.05, 3.63) is 29.7 Å². The quantitative estimate of drug-likeness (QED) is 0.720. The van der Waals surface area contributed by atoms with Crippen molar-refractivity contribution in [3.63, 3.8) is 0 Å². The number of carbonyl (C=O) groups excluding carboxylic acids is 2. The Morgan fingerprint density at radius 2 is 2.29 bits per heavy atom. The van der Waals surface area contributed by atoms with E-state index in [0.717, 1.165) is 31.5 Å². The number of ether oxygens (including phenoxy) is 2. The maximum absolute atomic E-state index is 12.5. The lowest BCUT2D eigenvalue weighted by Crippen LogP contribution is -2.56. The van der Waals surface area contributed by atoms with Crippen LogP contribution in [0.3, 0.4) is 0 Å². The van der Waals surface area contributed by atoms with Crippen LogP contribution in [0.2, 0.25) is 0 Å². The lowest BCUT2D eigenvalue weighted by atomic mass is 10.0. The second-order valence-electron chi connectivity index (χ2n) is 7.54. The normalized spacial score (nSPS) is 27.2. The van der Waals surface area contributed by atoms with Crippen molar-refractivity contribution in [1.29, 1.82) is 0 Å². The van der Waals surface area contributed by atoms with Gasteiger partial charge in [-0.2, -0.15) is 5.10 Å². The Balaban J connectivity index is 1.37. The van der Waals surface area contributed by atoms with Gasteiger partial charge in [0.2, 0.25) is 5.91 Å². The van der Waals surface area contributed by atoms with Crippen molar-refractivity contribution in [2.24, 2.45) is 0 Å². The van der Waals surface area contributed by atoms with E-state index in [2.05, 4.69) is 15.0 Å². The average molecular weight is 385 g/mol. The number of hydrogen-bond donors (Lipinski definition) is 0. The molecule has 3 saturated heterocycles. The van der Waals surface area contributed by atoms with Crippen LogP contribution in [-0.4, -0.2) is 74.3 Å². The van der Waals surface area contributed by atoms with Crippen LogP contribution in [0, 0.1) is 0 Å². The van der Waals surface area contributed by atoms with E-state index in [1.165, 1.54) is 6.20 Å². The number of carbonyl (C=O) groups is 2. The highest BCUT2D eigenvalue weighted by Gasteiger charge is 2.60. The molecular weight excluding hydrogens is 362 g/mol. The van der Waals surface area contributed by atoms with Crippen molar-refractivity contribution >= 4 is 17.5 Å². The van der Waals surface area contributed by atoms with Crippen LogP contribution in [0.4, 0.5) is 0 Å². The molecule has 2 atom stereocenters. The van der Waals surface area contributed by atoms with E-state index >= 15 is 0 Å². The minimum atomic E-state index is -0.449. The molecule has 0 N–H and O–H groups in total. The zero-order valence-corrected chi connectivity index (χ0v) is 15.8. The van der Waals surface area contributed by atoms with Crippen LogP contribution in [0.5, 0.6) is 0 Å². The summed E-state index contributed by atoms with van der Waals surface area (Å²) in [6.07, 6.45) is 7.38. The summed E-state index contributed by atoms with van der Waals surface area (Å²) in [5, 5.41) is 4.25. The first kappa shape index (κ1) is 17.6. The SMILES string of the molecule is CCOC(=O)c1cnn2cc(CN3CC[C@@]45OCCCN4C(=O)C[C@@H]35)cnc12. The largest absolute Gasteiger partial charge is 0.462 e. The van der Waals surface area contributed by atoms with Gasteiger partial charge in [0, 0.05) is 50.4 Å². The summed E-state index contributed by atoms with van der Waals surface area (Å²) >= 11 is 0. The highest BCUT2D eigenvalue weighted by atomic mass is 16.5. The third kappa shape index (κ3) is 2.53. The molecule has 2 aromatic heterocycles. The van der Waals surface area contributed by atoms with Crippen LogP contribution in [0.1, 0.15) is 42.1 Å². The molecule has 0 saturated carbocycles. The molecule has 9 nitrogen and oxygen atoms in total. The van der Waals surface area contributed by atoms with Gasteiger partial charge < -0.3 is 14.4 Å². The molecule has 5 heterocycles. The summed E-state index contributed by atoms with van der Waals surface area (Å²) in [6, 6.07) is 0.0729. The fraction of sp³-hybridized carbons (Fsp3) is 0.579. The average Bonchev–Trinajstić information content (AvgIpc) is 3.33. The number of aromatic nitrogens is 3. The summed E-state index contributed by atoms with van der Waals surface area (Å²) in [7, 11) is 0. The first-order valence-electron chi connectivity index (χ1n) is 9.80. The highest BCUT2D eigenvalue weighted by Crippen LogP contribution is 2.45. The molecule has 0 aromatic carbocycles. The van der Waals surface area contributed by atoms with Crippen molar-refractivity contribution in [3.8, 4) is 0 Å². The third-order valence-corrected chi connectivity index (χ3v) is 6.01. The number of amides is 1. The van der Waals surface area contributed by atoms with Gasteiger partial charge in [-0.15, -0.1) is 0 Å². The van der Waals surface area contributed by atoms with Crippen LogP contribution >= 0.6 is 0 Å². The molecule has 2 aromatic rings. The molecule has 0 bridgehead atoms. The number of nitrogens with zero attached hydrogens (tertiary/aromatic N) is 5. The molecule has 3 aliphatic heterocycles. The molecule has 3 fully saturated rings. The zero-order chi connectivity index (χ0) is 19.3. The van der Waals surface area contributed by atoms with Crippen LogP contribution in [0.25, 0.3) is 5.65 Å². The van der Waals surface area contributed by atoms with Crippen molar-refractivity contribution < 1.29 is 19.1 Å². The van der Waals surface area contributed by atoms with Crippen molar-refractivity contribution in [1.82, 2.24) is 24.4 Å². The van der Waals surface area contributed by atoms with Gasteiger partial charge in [-0.1, -0.05) is 0 Å². The maximum atomic E-state index is 12.5. The molecule has 1 spiro atoms. The number of likely N-dealkylation sites (tertiary alicyclic amines) is 1. The van der Waals surface area contributed by atoms with Gasteiger partial charge in [0.05, 0.1) is 25.5 Å². The van der Waals surface area contributed by atoms with E-state index in [0.29, 0.717) is 37.4 Å². The minimum Gasteiger partial charge on any atom is -0.462 e. The summed E-state index contributed by atoms with van der Waals surface area (Å²) in [4.78, 5) is 33.1. The second-order valence-corrected chi connectivity index (χ2v) is 7.54. The Morgan fingerprint density at radius 3 is 3.14 bits per heavy atom. The molecule has 148 valence electrons. The molecule has 3 aliphatic rings. The van der Waals surface area contributed by atoms with Crippen LogP contribution in [0.15, 0.2) is 18.6 Å². The van der Waals surface area contributed by atoms with E-state index in [1.54, 1.807) is 17.6 Å². The Labute approximate surface area is 162 Å². The minimum absolute atomic E-state index is 0.0729. The third-order valence-electron chi connectivity index (χ3n) is 6.01. The van der Waals surface area contributed by atoms with Gasteiger partial charge in [0.1, 0.15) is 5.56 Å². The smallest absolute Gasteiger partial charge is 0.343 e. The van der Waals surface area contributed by atoms with Gasteiger partial charge >= 0.3 is 5.97 Å². The fourth-order valence-electron chi connectivity index (χ4n) is 4.81. The maximum Gasteiger partial charge on any atom is 0.343 e. The Kier molecular flexibility index (Phi) is 4.09. The summed E-state index contributed by atoms with van der Waals surface area (Å²) in [5.41, 5.74) is 1.37. The lowest BCUT2D eigenvalue weighted by Gasteiger charge is -2.42. The summed E-state index contributed by atoms with van der Waals surface area (Å²) in [5.74, 6) is -0.229. The summed E-state index contributed by atoms with van der Waals surface area (Å²) < 4.78 is 12.8. The highest BCUT2D eigenvalue weighted by molar-refractivity contribution is 5.95. The van der Waals surface area contributed by atoms with Crippen LogP contribution < -0.4 is 0 Å². The van der Waals surface area contributed by atoms with E-state index in [1.807, 2.05) is 11.1 Å². The van der Waals surface area contributed by atoms with Crippen LogP contribution in [-0.2, 0) is 20.8 Å². The predicted octanol–water partition coefficient (Wildman–Crippen LogP) is 0.829.